The first kappa shape index (κ1) is 45.6. The second-order valence-electron chi connectivity index (χ2n) is 20.3. The van der Waals surface area contributed by atoms with Gasteiger partial charge in [-0.3, -0.25) is 9.13 Å². The Kier molecular flexibility index (Phi) is 11.1. The number of hydrogen-bond acceptors (Lipinski definition) is 4. The monoisotopic (exact) mass is 988 g/mol. The zero-order valence-corrected chi connectivity index (χ0v) is 42.7. The summed E-state index contributed by atoms with van der Waals surface area (Å²) in [6.07, 6.45) is 0. The van der Waals surface area contributed by atoms with E-state index in [-0.39, 0.29) is 5.41 Å². The fraction of sp³-hybridized carbons (Fsp3) is 0.0423. The number of para-hydroxylation sites is 8. The molecular weight excluding hydrogens is 937 g/mol. The molecule has 14 rings (SSSR count). The Morgan fingerprint density at radius 2 is 0.636 bits per heavy atom. The van der Waals surface area contributed by atoms with Crippen molar-refractivity contribution in [2.24, 2.45) is 0 Å². The minimum Gasteiger partial charge on any atom is -0.311 e. The van der Waals surface area contributed by atoms with Crippen LogP contribution in [0.2, 0.25) is 0 Å². The molecule has 0 bridgehead atoms. The van der Waals surface area contributed by atoms with Gasteiger partial charge < -0.3 is 9.80 Å². The van der Waals surface area contributed by atoms with Crippen LogP contribution in [-0.2, 0) is 5.41 Å². The predicted octanol–water partition coefficient (Wildman–Crippen LogP) is 18.6. The molecule has 0 aliphatic heterocycles. The van der Waals surface area contributed by atoms with Gasteiger partial charge in [0.1, 0.15) is 11.6 Å². The molecule has 0 spiro atoms. The van der Waals surface area contributed by atoms with Crippen molar-refractivity contribution in [3.8, 4) is 56.4 Å². The molecular formula is C71H52N6. The maximum absolute atomic E-state index is 5.15. The summed E-state index contributed by atoms with van der Waals surface area (Å²) < 4.78 is 4.51. The first-order valence-corrected chi connectivity index (χ1v) is 26.3. The first-order valence-electron chi connectivity index (χ1n) is 26.3. The van der Waals surface area contributed by atoms with Crippen LogP contribution < -0.4 is 9.80 Å². The second kappa shape index (κ2) is 18.7. The number of benzene rings is 11. The summed E-state index contributed by atoms with van der Waals surface area (Å²) in [5, 5.41) is 0. The van der Waals surface area contributed by atoms with E-state index in [1.807, 2.05) is 6.07 Å². The Bertz CT molecular complexity index is 4260. The van der Waals surface area contributed by atoms with E-state index < -0.39 is 0 Å². The lowest BCUT2D eigenvalue weighted by Crippen LogP contribution is -2.16. The molecule has 2 aromatic heterocycles. The van der Waals surface area contributed by atoms with E-state index in [0.29, 0.717) is 0 Å². The molecule has 0 N–H and O–H groups in total. The van der Waals surface area contributed by atoms with Crippen LogP contribution in [0, 0.1) is 0 Å². The van der Waals surface area contributed by atoms with Gasteiger partial charge in [-0.2, -0.15) is 0 Å². The molecule has 0 fully saturated rings. The van der Waals surface area contributed by atoms with Crippen LogP contribution in [0.15, 0.2) is 279 Å². The maximum atomic E-state index is 5.15. The average Bonchev–Trinajstić information content (AvgIpc) is 4.25. The van der Waals surface area contributed by atoms with Crippen molar-refractivity contribution in [3.63, 3.8) is 0 Å². The standard InChI is InChI=1S/C71H52N6/c1-71(2)63-47-52(49-31-38-57(39-32-49)74(53-19-7-3-8-20-53)58-40-33-50(34-41-58)69-72-65-27-15-17-29-67(65)76(69)55-23-11-5-12-24-55)37-45-61(63)62-46-44-60(48-64(62)71)75(54-21-9-4-10-22-54)59-42-35-51(36-43-59)70-73-66-28-16-18-30-68(66)77(70)56-25-13-6-14-26-56/h3-48H,1-2H3. The van der Waals surface area contributed by atoms with Gasteiger partial charge in [0.2, 0.25) is 0 Å². The average molecular weight is 989 g/mol. The summed E-state index contributed by atoms with van der Waals surface area (Å²) in [5.41, 5.74) is 22.2. The minimum absolute atomic E-state index is 0.249. The molecule has 0 atom stereocenters. The number of anilines is 6. The number of imidazole rings is 2. The Morgan fingerprint density at radius 1 is 0.299 bits per heavy atom. The minimum atomic E-state index is -0.249. The number of fused-ring (bicyclic) bond motifs is 5. The summed E-state index contributed by atoms with van der Waals surface area (Å²) in [4.78, 5) is 15.0. The van der Waals surface area contributed by atoms with Crippen molar-refractivity contribution in [2.45, 2.75) is 19.3 Å². The van der Waals surface area contributed by atoms with E-state index in [9.17, 15) is 0 Å². The molecule has 1 aliphatic carbocycles. The molecule has 1 aliphatic rings. The van der Waals surface area contributed by atoms with Crippen LogP contribution >= 0.6 is 0 Å². The topological polar surface area (TPSA) is 42.1 Å². The van der Waals surface area contributed by atoms with Gasteiger partial charge in [0.15, 0.2) is 0 Å². The predicted molar refractivity (Wildman–Crippen MR) is 319 cm³/mol. The molecule has 0 unspecified atom stereocenters. The third-order valence-corrected chi connectivity index (χ3v) is 15.3. The summed E-state index contributed by atoms with van der Waals surface area (Å²) in [6, 6.07) is 99.7. The maximum Gasteiger partial charge on any atom is 0.145 e. The molecule has 6 heteroatoms. The zero-order valence-electron chi connectivity index (χ0n) is 42.7. The highest BCUT2D eigenvalue weighted by Gasteiger charge is 2.36. The van der Waals surface area contributed by atoms with Crippen LogP contribution in [0.25, 0.3) is 78.5 Å². The molecule has 6 nitrogen and oxygen atoms in total. The summed E-state index contributed by atoms with van der Waals surface area (Å²) in [6.45, 7) is 4.74. The van der Waals surface area contributed by atoms with Gasteiger partial charge >= 0.3 is 0 Å². The number of rotatable bonds is 11. The highest BCUT2D eigenvalue weighted by Crippen LogP contribution is 2.52. The number of nitrogens with zero attached hydrogens (tertiary/aromatic N) is 6. The van der Waals surface area contributed by atoms with Crippen molar-refractivity contribution in [1.29, 1.82) is 0 Å². The third-order valence-electron chi connectivity index (χ3n) is 15.3. The molecule has 0 saturated carbocycles. The largest absolute Gasteiger partial charge is 0.311 e. The Labute approximate surface area is 448 Å². The van der Waals surface area contributed by atoms with Crippen molar-refractivity contribution < 1.29 is 0 Å². The van der Waals surface area contributed by atoms with E-state index in [4.69, 9.17) is 9.97 Å². The van der Waals surface area contributed by atoms with Gasteiger partial charge in [0.05, 0.1) is 22.1 Å². The van der Waals surface area contributed by atoms with Crippen molar-refractivity contribution in [3.05, 3.63) is 290 Å². The van der Waals surface area contributed by atoms with Gasteiger partial charge in [-0.25, -0.2) is 9.97 Å². The number of aromatic nitrogens is 4. The SMILES string of the molecule is CC1(C)c2cc(-c3ccc(N(c4ccccc4)c4ccc(-c5nc6ccccc6n5-c5ccccc5)cc4)cc3)ccc2-c2ccc(N(c3ccccc3)c3ccc(-c4nc5ccccc5n4-c4ccccc4)cc3)cc21. The lowest BCUT2D eigenvalue weighted by atomic mass is 9.81. The quantitative estimate of drug-likeness (QED) is 0.129. The van der Waals surface area contributed by atoms with E-state index >= 15 is 0 Å². The van der Waals surface area contributed by atoms with Gasteiger partial charge in [-0.05, 0) is 185 Å². The Hall–Kier alpha value is -10.0. The fourth-order valence-electron chi connectivity index (χ4n) is 11.5. The second-order valence-corrected chi connectivity index (χ2v) is 20.3. The van der Waals surface area contributed by atoms with Crippen molar-refractivity contribution in [1.82, 2.24) is 19.1 Å². The molecule has 0 radical (unpaired) electrons. The molecule has 77 heavy (non-hydrogen) atoms. The lowest BCUT2D eigenvalue weighted by Gasteiger charge is -2.28. The van der Waals surface area contributed by atoms with Gasteiger partial charge in [-0.1, -0.05) is 141 Å². The lowest BCUT2D eigenvalue weighted by molar-refractivity contribution is 0.660. The van der Waals surface area contributed by atoms with Gasteiger partial charge in [-0.15, -0.1) is 0 Å². The van der Waals surface area contributed by atoms with Crippen molar-refractivity contribution in [2.75, 3.05) is 9.80 Å². The third kappa shape index (κ3) is 7.97. The summed E-state index contributed by atoms with van der Waals surface area (Å²) in [5.74, 6) is 1.83. The zero-order chi connectivity index (χ0) is 51.5. The first-order chi connectivity index (χ1) is 37.9. The summed E-state index contributed by atoms with van der Waals surface area (Å²) in [7, 11) is 0. The van der Waals surface area contributed by atoms with Gasteiger partial charge in [0, 0.05) is 62.0 Å². The van der Waals surface area contributed by atoms with Gasteiger partial charge in [0.25, 0.3) is 0 Å². The Balaban J connectivity index is 0.766. The fourth-order valence-corrected chi connectivity index (χ4v) is 11.5. The Morgan fingerprint density at radius 3 is 1.10 bits per heavy atom. The highest BCUT2D eigenvalue weighted by atomic mass is 15.2. The van der Waals surface area contributed by atoms with E-state index in [0.717, 1.165) is 90.3 Å². The molecule has 2 heterocycles. The highest BCUT2D eigenvalue weighted by molar-refractivity contribution is 5.90. The van der Waals surface area contributed by atoms with E-state index in [2.05, 4.69) is 306 Å². The van der Waals surface area contributed by atoms with E-state index in [1.54, 1.807) is 0 Å². The molecule has 13 aromatic rings. The molecule has 366 valence electrons. The van der Waals surface area contributed by atoms with Crippen LogP contribution in [-0.4, -0.2) is 19.1 Å². The van der Waals surface area contributed by atoms with Crippen molar-refractivity contribution >= 4 is 56.2 Å². The van der Waals surface area contributed by atoms with E-state index in [1.165, 1.54) is 33.4 Å². The normalized spacial score (nSPS) is 12.4. The molecule has 11 aromatic carbocycles. The number of hydrogen-bond donors (Lipinski definition) is 0. The van der Waals surface area contributed by atoms with Crippen LogP contribution in [0.3, 0.4) is 0 Å². The van der Waals surface area contributed by atoms with Crippen LogP contribution in [0.1, 0.15) is 25.0 Å². The molecule has 0 saturated heterocycles. The smallest absolute Gasteiger partial charge is 0.145 e. The molecule has 0 amide bonds. The van der Waals surface area contributed by atoms with Crippen LogP contribution in [0.4, 0.5) is 34.1 Å². The van der Waals surface area contributed by atoms with Crippen LogP contribution in [0.5, 0.6) is 0 Å². The summed E-state index contributed by atoms with van der Waals surface area (Å²) >= 11 is 0.